The van der Waals surface area contributed by atoms with Crippen molar-refractivity contribution in [2.75, 3.05) is 0 Å². The molecular weight excluding hydrogens is 276 g/mol. The predicted octanol–water partition coefficient (Wildman–Crippen LogP) is 1.31. The molecule has 1 aromatic carbocycles. The maximum absolute atomic E-state index is 11.5. The van der Waals surface area contributed by atoms with E-state index in [-0.39, 0.29) is 12.1 Å². The van der Waals surface area contributed by atoms with Crippen LogP contribution in [0, 0.1) is 0 Å². The van der Waals surface area contributed by atoms with E-state index in [0.717, 1.165) is 4.47 Å². The summed E-state index contributed by atoms with van der Waals surface area (Å²) in [5.41, 5.74) is 0.697. The van der Waals surface area contributed by atoms with Gasteiger partial charge < -0.3 is 10.1 Å². The minimum Gasteiger partial charge on any atom is -0.481 e. The predicted molar refractivity (Wildman–Crippen MR) is 61.4 cm³/mol. The Hall–Kier alpha value is -1.69. The molecule has 6 heteroatoms. The lowest BCUT2D eigenvalue weighted by molar-refractivity contribution is -0.136. The SMILES string of the molecule is O=C(O)Cc1nc2cc(Br)ccc2[nH]c1=O. The molecule has 0 aliphatic heterocycles. The summed E-state index contributed by atoms with van der Waals surface area (Å²) in [6.07, 6.45) is -0.377. The van der Waals surface area contributed by atoms with Crippen molar-refractivity contribution in [3.05, 3.63) is 38.7 Å². The van der Waals surface area contributed by atoms with E-state index >= 15 is 0 Å². The number of aromatic amines is 1. The second-order valence-electron chi connectivity index (χ2n) is 3.24. The fraction of sp³-hybridized carbons (Fsp3) is 0.100. The van der Waals surface area contributed by atoms with Crippen LogP contribution < -0.4 is 5.56 Å². The first kappa shape index (κ1) is 10.8. The van der Waals surface area contributed by atoms with Crippen LogP contribution in [-0.4, -0.2) is 21.0 Å². The number of benzene rings is 1. The third-order valence-electron chi connectivity index (χ3n) is 2.04. The van der Waals surface area contributed by atoms with E-state index in [2.05, 4.69) is 25.9 Å². The summed E-state index contributed by atoms with van der Waals surface area (Å²) in [6.45, 7) is 0. The van der Waals surface area contributed by atoms with E-state index in [1.165, 1.54) is 0 Å². The van der Waals surface area contributed by atoms with Crippen LogP contribution in [0.2, 0.25) is 0 Å². The lowest BCUT2D eigenvalue weighted by atomic mass is 10.2. The van der Waals surface area contributed by atoms with Gasteiger partial charge in [0.2, 0.25) is 0 Å². The molecule has 0 spiro atoms. The maximum Gasteiger partial charge on any atom is 0.309 e. The number of carboxylic acids is 1. The molecule has 0 unspecified atom stereocenters. The van der Waals surface area contributed by atoms with Gasteiger partial charge in [-0.1, -0.05) is 15.9 Å². The molecule has 0 bridgehead atoms. The minimum absolute atomic E-state index is 0.0121. The Bertz CT molecular complexity index is 621. The summed E-state index contributed by atoms with van der Waals surface area (Å²) in [5, 5.41) is 8.62. The molecule has 0 saturated carbocycles. The molecule has 0 aliphatic rings. The third kappa shape index (κ3) is 2.11. The molecule has 82 valence electrons. The molecule has 0 aliphatic carbocycles. The second kappa shape index (κ2) is 4.05. The summed E-state index contributed by atoms with van der Waals surface area (Å²) >= 11 is 3.28. The summed E-state index contributed by atoms with van der Waals surface area (Å²) < 4.78 is 0.820. The number of carbonyl (C=O) groups is 1. The fourth-order valence-electron chi connectivity index (χ4n) is 1.36. The Balaban J connectivity index is 2.64. The molecule has 2 N–H and O–H groups in total. The van der Waals surface area contributed by atoms with Gasteiger partial charge in [0.1, 0.15) is 5.69 Å². The number of rotatable bonds is 2. The summed E-state index contributed by atoms with van der Waals surface area (Å²) in [4.78, 5) is 28.6. The molecule has 1 aromatic heterocycles. The highest BCUT2D eigenvalue weighted by Gasteiger charge is 2.08. The number of halogens is 1. The van der Waals surface area contributed by atoms with Gasteiger partial charge in [-0.25, -0.2) is 4.98 Å². The molecule has 0 saturated heterocycles. The van der Waals surface area contributed by atoms with Gasteiger partial charge >= 0.3 is 5.97 Å². The van der Waals surface area contributed by atoms with Gasteiger partial charge in [-0.3, -0.25) is 9.59 Å². The Morgan fingerprint density at radius 3 is 2.94 bits per heavy atom. The molecule has 0 radical (unpaired) electrons. The van der Waals surface area contributed by atoms with Crippen molar-refractivity contribution in [3.63, 3.8) is 0 Å². The van der Waals surface area contributed by atoms with Crippen molar-refractivity contribution in [3.8, 4) is 0 Å². The van der Waals surface area contributed by atoms with Crippen LogP contribution in [-0.2, 0) is 11.2 Å². The monoisotopic (exact) mass is 282 g/mol. The van der Waals surface area contributed by atoms with Crippen LogP contribution >= 0.6 is 15.9 Å². The zero-order chi connectivity index (χ0) is 11.7. The first-order chi connectivity index (χ1) is 7.56. The maximum atomic E-state index is 11.5. The second-order valence-corrected chi connectivity index (χ2v) is 4.16. The smallest absolute Gasteiger partial charge is 0.309 e. The van der Waals surface area contributed by atoms with Gasteiger partial charge in [-0.05, 0) is 18.2 Å². The Morgan fingerprint density at radius 1 is 1.50 bits per heavy atom. The zero-order valence-electron chi connectivity index (χ0n) is 8.03. The van der Waals surface area contributed by atoms with Crippen molar-refractivity contribution in [1.29, 1.82) is 0 Å². The van der Waals surface area contributed by atoms with Gasteiger partial charge in [0.25, 0.3) is 5.56 Å². The number of fused-ring (bicyclic) bond motifs is 1. The lowest BCUT2D eigenvalue weighted by Crippen LogP contribution is -2.18. The average Bonchev–Trinajstić information content (AvgIpc) is 2.19. The van der Waals surface area contributed by atoms with Crippen LogP contribution in [0.4, 0.5) is 0 Å². The van der Waals surface area contributed by atoms with E-state index < -0.39 is 11.5 Å². The number of H-pyrrole nitrogens is 1. The van der Waals surface area contributed by atoms with Crippen molar-refractivity contribution >= 4 is 32.9 Å². The van der Waals surface area contributed by atoms with Gasteiger partial charge in [-0.2, -0.15) is 0 Å². The quantitative estimate of drug-likeness (QED) is 0.870. The third-order valence-corrected chi connectivity index (χ3v) is 2.54. The number of aromatic nitrogens is 2. The zero-order valence-corrected chi connectivity index (χ0v) is 9.61. The van der Waals surface area contributed by atoms with Crippen molar-refractivity contribution in [2.24, 2.45) is 0 Å². The molecule has 0 amide bonds. The fourth-order valence-corrected chi connectivity index (χ4v) is 1.71. The molecule has 2 rings (SSSR count). The Labute approximate surface area is 98.3 Å². The normalized spacial score (nSPS) is 10.6. The molecular formula is C10H7BrN2O3. The van der Waals surface area contributed by atoms with E-state index in [9.17, 15) is 9.59 Å². The lowest BCUT2D eigenvalue weighted by Gasteiger charge is -2.00. The van der Waals surface area contributed by atoms with Gasteiger partial charge in [-0.15, -0.1) is 0 Å². The van der Waals surface area contributed by atoms with Gasteiger partial charge in [0.05, 0.1) is 17.5 Å². The number of carboxylic acid groups (broad SMARTS) is 1. The topological polar surface area (TPSA) is 83.0 Å². The van der Waals surface area contributed by atoms with Crippen LogP contribution in [0.25, 0.3) is 11.0 Å². The van der Waals surface area contributed by atoms with E-state index in [1.807, 2.05) is 0 Å². The van der Waals surface area contributed by atoms with Crippen LogP contribution in [0.15, 0.2) is 27.5 Å². The number of nitrogens with one attached hydrogen (secondary N) is 1. The van der Waals surface area contributed by atoms with Crippen molar-refractivity contribution < 1.29 is 9.90 Å². The standard InChI is InChI=1S/C10H7BrN2O3/c11-5-1-2-6-7(3-5)12-8(4-9(14)15)10(16)13-6/h1-3H,4H2,(H,13,16)(H,14,15). The van der Waals surface area contributed by atoms with Crippen molar-refractivity contribution in [1.82, 2.24) is 9.97 Å². The van der Waals surface area contributed by atoms with E-state index in [0.29, 0.717) is 11.0 Å². The highest BCUT2D eigenvalue weighted by atomic mass is 79.9. The van der Waals surface area contributed by atoms with E-state index in [4.69, 9.17) is 5.11 Å². The molecule has 2 aromatic rings. The van der Waals surface area contributed by atoms with Crippen LogP contribution in [0.1, 0.15) is 5.69 Å². The number of hydrogen-bond donors (Lipinski definition) is 2. The summed E-state index contributed by atoms with van der Waals surface area (Å²) in [5.74, 6) is -1.08. The highest BCUT2D eigenvalue weighted by Crippen LogP contribution is 2.15. The Morgan fingerprint density at radius 2 is 2.25 bits per heavy atom. The molecule has 1 heterocycles. The number of nitrogens with zero attached hydrogens (tertiary/aromatic N) is 1. The average molecular weight is 283 g/mol. The number of aliphatic carboxylic acids is 1. The number of hydrogen-bond acceptors (Lipinski definition) is 3. The van der Waals surface area contributed by atoms with Gasteiger partial charge in [0.15, 0.2) is 0 Å². The van der Waals surface area contributed by atoms with Crippen LogP contribution in [0.3, 0.4) is 0 Å². The first-order valence-corrected chi connectivity index (χ1v) is 5.26. The van der Waals surface area contributed by atoms with Gasteiger partial charge in [0, 0.05) is 4.47 Å². The first-order valence-electron chi connectivity index (χ1n) is 4.46. The minimum atomic E-state index is -1.08. The molecule has 0 fully saturated rings. The highest BCUT2D eigenvalue weighted by molar-refractivity contribution is 9.10. The summed E-state index contributed by atoms with van der Waals surface area (Å²) in [6, 6.07) is 5.20. The van der Waals surface area contributed by atoms with Crippen LogP contribution in [0.5, 0.6) is 0 Å². The molecule has 5 nitrogen and oxygen atoms in total. The van der Waals surface area contributed by atoms with Crippen molar-refractivity contribution in [2.45, 2.75) is 6.42 Å². The molecule has 16 heavy (non-hydrogen) atoms. The van der Waals surface area contributed by atoms with E-state index in [1.54, 1.807) is 18.2 Å². The summed E-state index contributed by atoms with van der Waals surface area (Å²) in [7, 11) is 0. The Kier molecular flexibility index (Phi) is 2.74. The largest absolute Gasteiger partial charge is 0.481 e. The molecule has 0 atom stereocenters.